The number of hydrogen-bond donors (Lipinski definition) is 2. The second-order valence-electron chi connectivity index (χ2n) is 9.38. The molecule has 1 saturated heterocycles. The van der Waals surface area contributed by atoms with Crippen molar-refractivity contribution in [3.05, 3.63) is 58.1 Å². The van der Waals surface area contributed by atoms with Crippen LogP contribution in [0.5, 0.6) is 11.5 Å². The van der Waals surface area contributed by atoms with Gasteiger partial charge in [0, 0.05) is 49.9 Å². The number of aliphatic hydroxyl groups is 1. The molecule has 5 nitrogen and oxygen atoms in total. The zero-order valence-electron chi connectivity index (χ0n) is 19.8. The van der Waals surface area contributed by atoms with E-state index in [9.17, 15) is 5.11 Å². The van der Waals surface area contributed by atoms with Crippen LogP contribution in [-0.2, 0) is 5.41 Å². The number of aliphatic hydroxyl groups excluding tert-OH is 1. The van der Waals surface area contributed by atoms with Crippen LogP contribution in [0, 0.1) is 5.92 Å². The molecule has 1 heterocycles. The third-order valence-electron chi connectivity index (χ3n) is 6.14. The molecule has 0 aromatic heterocycles. The highest BCUT2D eigenvalue weighted by molar-refractivity contribution is 9.10. The zero-order valence-corrected chi connectivity index (χ0v) is 22.2. The summed E-state index contributed by atoms with van der Waals surface area (Å²) in [7, 11) is 0. The number of benzene rings is 2. The van der Waals surface area contributed by atoms with Crippen LogP contribution in [0.4, 0.5) is 0 Å². The molecule has 3 rings (SSSR count). The second kappa shape index (κ2) is 12.4. The van der Waals surface area contributed by atoms with Gasteiger partial charge in [0.15, 0.2) is 0 Å². The van der Waals surface area contributed by atoms with Gasteiger partial charge < -0.3 is 19.9 Å². The van der Waals surface area contributed by atoms with E-state index in [1.54, 1.807) is 0 Å². The van der Waals surface area contributed by atoms with E-state index in [1.807, 2.05) is 18.2 Å². The molecule has 0 spiro atoms. The first kappa shape index (κ1) is 26.3. The monoisotopic (exact) mass is 538 g/mol. The van der Waals surface area contributed by atoms with Crippen LogP contribution in [0.2, 0.25) is 0 Å². The van der Waals surface area contributed by atoms with Crippen LogP contribution >= 0.6 is 27.5 Å². The lowest BCUT2D eigenvalue weighted by molar-refractivity contribution is 0.0641. The highest BCUT2D eigenvalue weighted by Gasteiger charge is 2.24. The summed E-state index contributed by atoms with van der Waals surface area (Å²) in [5.74, 6) is 2.48. The van der Waals surface area contributed by atoms with Gasteiger partial charge in [-0.3, -0.25) is 4.90 Å². The molecule has 1 aliphatic rings. The first-order valence-corrected chi connectivity index (χ1v) is 13.0. The SMILES string of the molecule is C[C@H](CCl)COc1ccc(C(C)(C)c2ccc(OC[C@@H](O)CN3CCNCC3)cc2)cc1Br. The quantitative estimate of drug-likeness (QED) is 0.406. The molecule has 7 heteroatoms. The summed E-state index contributed by atoms with van der Waals surface area (Å²) in [6.07, 6.45) is -0.496. The predicted octanol–water partition coefficient (Wildman–Crippen LogP) is 4.67. The van der Waals surface area contributed by atoms with Gasteiger partial charge >= 0.3 is 0 Å². The highest BCUT2D eigenvalue weighted by atomic mass is 79.9. The third-order valence-corrected chi connectivity index (χ3v) is 7.28. The first-order valence-electron chi connectivity index (χ1n) is 11.6. The van der Waals surface area contributed by atoms with E-state index in [4.69, 9.17) is 21.1 Å². The number of ether oxygens (including phenoxy) is 2. The van der Waals surface area contributed by atoms with Gasteiger partial charge in [-0.25, -0.2) is 0 Å². The maximum atomic E-state index is 10.3. The van der Waals surface area contributed by atoms with Crippen LogP contribution in [0.3, 0.4) is 0 Å². The van der Waals surface area contributed by atoms with Crippen LogP contribution in [0.25, 0.3) is 0 Å². The predicted molar refractivity (Wildman–Crippen MR) is 139 cm³/mol. The standard InChI is InChI=1S/C26H36BrClN2O3/c1-19(15-28)17-33-25-9-6-21(14-24(25)27)26(2,3)20-4-7-23(8-5-20)32-18-22(31)16-30-12-10-29-11-13-30/h4-9,14,19,22,29,31H,10-13,15-18H2,1-3H3/t19-,22+/m1/s1. The fourth-order valence-electron chi connectivity index (χ4n) is 3.85. The van der Waals surface area contributed by atoms with Gasteiger partial charge in [-0.2, -0.15) is 0 Å². The number of hydrogen-bond acceptors (Lipinski definition) is 5. The van der Waals surface area contributed by atoms with Gasteiger partial charge in [-0.1, -0.05) is 39.0 Å². The van der Waals surface area contributed by atoms with Crippen molar-refractivity contribution in [1.82, 2.24) is 10.2 Å². The van der Waals surface area contributed by atoms with Gasteiger partial charge in [0.05, 0.1) is 11.1 Å². The average molecular weight is 540 g/mol. The first-order chi connectivity index (χ1) is 15.8. The number of alkyl halides is 1. The molecule has 1 aliphatic heterocycles. The molecule has 2 atom stereocenters. The van der Waals surface area contributed by atoms with Crippen molar-refractivity contribution < 1.29 is 14.6 Å². The van der Waals surface area contributed by atoms with Crippen LogP contribution < -0.4 is 14.8 Å². The zero-order chi connectivity index (χ0) is 23.8. The van der Waals surface area contributed by atoms with Gasteiger partial charge in [0.25, 0.3) is 0 Å². The van der Waals surface area contributed by atoms with Crippen molar-refractivity contribution in [3.63, 3.8) is 0 Å². The maximum Gasteiger partial charge on any atom is 0.133 e. The number of piperazine rings is 1. The minimum Gasteiger partial charge on any atom is -0.492 e. The number of β-amino-alcohol motifs (C(OH)–C–C–N with tert-alkyl or cyclic N) is 1. The Bertz CT molecular complexity index is 872. The van der Waals surface area contributed by atoms with Gasteiger partial charge in [0.1, 0.15) is 24.2 Å². The number of nitrogens with one attached hydrogen (secondary N) is 1. The molecule has 0 aliphatic carbocycles. The molecule has 1 fully saturated rings. The third kappa shape index (κ3) is 7.59. The Morgan fingerprint density at radius 2 is 1.73 bits per heavy atom. The molecule has 0 radical (unpaired) electrons. The maximum absolute atomic E-state index is 10.3. The summed E-state index contributed by atoms with van der Waals surface area (Å²) in [5, 5.41) is 13.6. The average Bonchev–Trinajstić information content (AvgIpc) is 2.82. The Labute approximate surface area is 211 Å². The minimum atomic E-state index is -0.496. The fourth-order valence-corrected chi connectivity index (χ4v) is 4.44. The molecular formula is C26H36BrClN2O3. The molecule has 0 amide bonds. The van der Waals surface area contributed by atoms with Crippen LogP contribution in [-0.4, -0.2) is 67.9 Å². The summed E-state index contributed by atoms with van der Waals surface area (Å²) >= 11 is 9.54. The normalized spacial score (nSPS) is 16.9. The van der Waals surface area contributed by atoms with Crippen molar-refractivity contribution >= 4 is 27.5 Å². The number of nitrogens with zero attached hydrogens (tertiary/aromatic N) is 1. The van der Waals surface area contributed by atoms with Crippen molar-refractivity contribution in [1.29, 1.82) is 0 Å². The Morgan fingerprint density at radius 1 is 1.06 bits per heavy atom. The lowest BCUT2D eigenvalue weighted by Gasteiger charge is -2.29. The van der Waals surface area contributed by atoms with Gasteiger partial charge in [-0.05, 0) is 51.3 Å². The molecule has 2 aromatic rings. The molecule has 0 unspecified atom stereocenters. The van der Waals surface area contributed by atoms with Crippen molar-refractivity contribution in [2.24, 2.45) is 5.92 Å². The van der Waals surface area contributed by atoms with Gasteiger partial charge in [-0.15, -0.1) is 11.6 Å². The highest BCUT2D eigenvalue weighted by Crippen LogP contribution is 2.36. The van der Waals surface area contributed by atoms with E-state index in [-0.39, 0.29) is 5.41 Å². The van der Waals surface area contributed by atoms with E-state index >= 15 is 0 Å². The Morgan fingerprint density at radius 3 is 2.36 bits per heavy atom. The summed E-state index contributed by atoms with van der Waals surface area (Å²) in [4.78, 5) is 2.27. The Hall–Kier alpha value is -1.31. The van der Waals surface area contributed by atoms with Crippen LogP contribution in [0.1, 0.15) is 31.9 Å². The van der Waals surface area contributed by atoms with E-state index < -0.39 is 6.10 Å². The van der Waals surface area contributed by atoms with E-state index in [0.29, 0.717) is 31.6 Å². The summed E-state index contributed by atoms with van der Waals surface area (Å²) in [6.45, 7) is 11.9. The number of halogens is 2. The van der Waals surface area contributed by atoms with Crippen molar-refractivity contribution in [2.75, 3.05) is 51.8 Å². The summed E-state index contributed by atoms with van der Waals surface area (Å²) in [6, 6.07) is 14.4. The largest absolute Gasteiger partial charge is 0.492 e. The molecular weight excluding hydrogens is 504 g/mol. The van der Waals surface area contributed by atoms with E-state index in [2.05, 4.69) is 71.2 Å². The van der Waals surface area contributed by atoms with Crippen molar-refractivity contribution in [3.8, 4) is 11.5 Å². The minimum absolute atomic E-state index is 0.190. The molecule has 33 heavy (non-hydrogen) atoms. The Balaban J connectivity index is 1.57. The lowest BCUT2D eigenvalue weighted by atomic mass is 9.78. The molecule has 2 aromatic carbocycles. The van der Waals surface area contributed by atoms with Crippen LogP contribution in [0.15, 0.2) is 46.9 Å². The summed E-state index contributed by atoms with van der Waals surface area (Å²) < 4.78 is 12.7. The lowest BCUT2D eigenvalue weighted by Crippen LogP contribution is -2.47. The van der Waals surface area contributed by atoms with E-state index in [0.717, 1.165) is 42.2 Å². The number of rotatable bonds is 11. The van der Waals surface area contributed by atoms with Crippen molar-refractivity contribution in [2.45, 2.75) is 32.3 Å². The van der Waals surface area contributed by atoms with E-state index in [1.165, 1.54) is 11.1 Å². The fraction of sp³-hybridized carbons (Fsp3) is 0.538. The molecule has 0 saturated carbocycles. The summed E-state index contributed by atoms with van der Waals surface area (Å²) in [5.41, 5.74) is 2.19. The smallest absolute Gasteiger partial charge is 0.133 e. The molecule has 0 bridgehead atoms. The molecule has 2 N–H and O–H groups in total. The van der Waals surface area contributed by atoms with Gasteiger partial charge in [0.2, 0.25) is 0 Å². The Kier molecular flexibility index (Phi) is 9.89. The topological polar surface area (TPSA) is 54.0 Å². The second-order valence-corrected chi connectivity index (χ2v) is 10.5. The molecule has 182 valence electrons.